The maximum atomic E-state index is 13.8. The summed E-state index contributed by atoms with van der Waals surface area (Å²) in [6, 6.07) is 27.5. The highest BCUT2D eigenvalue weighted by atomic mass is 32.1. The Morgan fingerprint density at radius 3 is 2.44 bits per heavy atom. The second kappa shape index (κ2) is 7.72. The lowest BCUT2D eigenvalue weighted by Crippen LogP contribution is -2.60. The normalized spacial score (nSPS) is 13.6. The van der Waals surface area contributed by atoms with Crippen LogP contribution in [0.4, 0.5) is 16.2 Å². The minimum atomic E-state index is -0.477. The maximum absolute atomic E-state index is 13.8. The highest BCUT2D eigenvalue weighted by Gasteiger charge is 2.43. The van der Waals surface area contributed by atoms with Crippen molar-refractivity contribution in [2.45, 2.75) is 20.8 Å². The number of hydrogen-bond donors (Lipinski definition) is 0. The Labute approximate surface area is 229 Å². The van der Waals surface area contributed by atoms with E-state index < -0.39 is 6.09 Å². The molecule has 8 rings (SSSR count). The van der Waals surface area contributed by atoms with E-state index in [9.17, 15) is 10.1 Å². The van der Waals surface area contributed by atoms with E-state index >= 15 is 0 Å². The lowest BCUT2D eigenvalue weighted by Gasteiger charge is -2.39. The quantitative estimate of drug-likeness (QED) is 0.233. The summed E-state index contributed by atoms with van der Waals surface area (Å²) < 4.78 is 8.35. The van der Waals surface area contributed by atoms with Gasteiger partial charge < -0.3 is 4.74 Å². The van der Waals surface area contributed by atoms with Crippen molar-refractivity contribution in [3.63, 3.8) is 0 Å². The van der Waals surface area contributed by atoms with Crippen LogP contribution in [0.2, 0.25) is 0 Å². The number of ether oxygens (including phenoxy) is 1. The van der Waals surface area contributed by atoms with Crippen molar-refractivity contribution in [2.75, 3.05) is 4.90 Å². The summed E-state index contributed by atoms with van der Waals surface area (Å²) in [4.78, 5) is 15.5. The number of carbonyl (C=O) groups excluding carboxylic acids is 1. The number of aryl methyl sites for hydroxylation is 3. The second-order valence-corrected chi connectivity index (χ2v) is 11.7. The van der Waals surface area contributed by atoms with Gasteiger partial charge in [0.25, 0.3) is 0 Å². The molecular weight excluding hydrogens is 499 g/mol. The number of amides is 1. The fourth-order valence-electron chi connectivity index (χ4n) is 6.82. The van der Waals surface area contributed by atoms with Gasteiger partial charge in [-0.2, -0.15) is 5.26 Å². The van der Waals surface area contributed by atoms with E-state index in [1.54, 1.807) is 22.3 Å². The molecule has 0 bridgehead atoms. The number of rotatable bonds is 1. The van der Waals surface area contributed by atoms with Crippen molar-refractivity contribution in [1.29, 1.82) is 5.26 Å². The lowest BCUT2D eigenvalue weighted by molar-refractivity contribution is 0.210. The van der Waals surface area contributed by atoms with Crippen LogP contribution in [0.15, 0.2) is 72.8 Å². The van der Waals surface area contributed by atoms with Crippen molar-refractivity contribution in [1.82, 2.24) is 0 Å². The zero-order valence-electron chi connectivity index (χ0n) is 21.6. The third kappa shape index (κ3) is 2.91. The Bertz CT molecular complexity index is 2120. The van der Waals surface area contributed by atoms with Crippen LogP contribution in [0, 0.1) is 32.1 Å². The number of thiophene rings is 1. The third-order valence-electron chi connectivity index (χ3n) is 8.27. The molecule has 1 aromatic heterocycles. The van der Waals surface area contributed by atoms with Gasteiger partial charge in [0.2, 0.25) is 6.71 Å². The van der Waals surface area contributed by atoms with Crippen LogP contribution in [-0.2, 0) is 0 Å². The first-order valence-corrected chi connectivity index (χ1v) is 13.8. The van der Waals surface area contributed by atoms with Gasteiger partial charge in [-0.25, -0.2) is 9.69 Å². The second-order valence-electron chi connectivity index (χ2n) is 10.6. The Morgan fingerprint density at radius 1 is 0.872 bits per heavy atom. The number of benzene rings is 5. The van der Waals surface area contributed by atoms with Crippen LogP contribution in [0.1, 0.15) is 22.3 Å². The molecule has 184 valence electrons. The van der Waals surface area contributed by atoms with Crippen LogP contribution in [0.3, 0.4) is 0 Å². The molecule has 0 atom stereocenters. The van der Waals surface area contributed by atoms with Crippen molar-refractivity contribution in [3.8, 4) is 11.8 Å². The molecule has 0 aliphatic carbocycles. The molecule has 0 spiro atoms. The van der Waals surface area contributed by atoms with Crippen LogP contribution < -0.4 is 26.0 Å². The Balaban J connectivity index is 1.56. The topological polar surface area (TPSA) is 53.3 Å². The van der Waals surface area contributed by atoms with E-state index in [1.807, 2.05) is 6.07 Å². The molecule has 6 heteroatoms. The van der Waals surface area contributed by atoms with Gasteiger partial charge in [0.15, 0.2) is 5.75 Å². The molecule has 2 aliphatic rings. The first-order chi connectivity index (χ1) is 18.9. The number of carbonyl (C=O) groups is 1. The minimum absolute atomic E-state index is 0.0737. The monoisotopic (exact) mass is 520 g/mol. The van der Waals surface area contributed by atoms with Crippen molar-refractivity contribution in [3.05, 3.63) is 95.1 Å². The van der Waals surface area contributed by atoms with Crippen LogP contribution in [0.5, 0.6) is 5.75 Å². The molecule has 5 aromatic carbocycles. The largest absolute Gasteiger partial charge is 0.424 e. The highest BCUT2D eigenvalue weighted by Crippen LogP contribution is 2.46. The van der Waals surface area contributed by atoms with Crippen LogP contribution in [0.25, 0.3) is 30.9 Å². The molecule has 0 fully saturated rings. The predicted octanol–water partition coefficient (Wildman–Crippen LogP) is 6.48. The molecule has 0 saturated heterocycles. The molecule has 6 aromatic rings. The van der Waals surface area contributed by atoms with Crippen LogP contribution >= 0.6 is 11.3 Å². The minimum Gasteiger partial charge on any atom is -0.408 e. The maximum Gasteiger partial charge on any atom is 0.424 e. The third-order valence-corrected chi connectivity index (χ3v) is 9.41. The Morgan fingerprint density at radius 2 is 1.64 bits per heavy atom. The molecule has 2 aliphatic heterocycles. The van der Waals surface area contributed by atoms with Gasteiger partial charge in [-0.15, -0.1) is 11.3 Å². The fraction of sp³-hybridized carbons (Fsp3) is 0.0909. The smallest absolute Gasteiger partial charge is 0.408 e. The molecule has 0 unspecified atom stereocenters. The number of hydrogen-bond acceptors (Lipinski definition) is 4. The summed E-state index contributed by atoms with van der Waals surface area (Å²) in [5, 5.41) is 13.9. The Kier molecular flexibility index (Phi) is 4.43. The van der Waals surface area contributed by atoms with Gasteiger partial charge in [-0.05, 0) is 61.3 Å². The molecule has 39 heavy (non-hydrogen) atoms. The van der Waals surface area contributed by atoms with Gasteiger partial charge in [0.1, 0.15) is 6.07 Å². The molecule has 1 amide bonds. The molecule has 0 radical (unpaired) electrons. The summed E-state index contributed by atoms with van der Waals surface area (Å²) in [5.41, 5.74) is 9.12. The first kappa shape index (κ1) is 22.4. The number of anilines is 2. The SMILES string of the molecule is Cc1cc(C)c(B2c3cc4sc5ccccc5c4cc3N3C(=O)Oc4c(C#N)ccc5ccc2c3c45)c(C)c1. The van der Waals surface area contributed by atoms with Gasteiger partial charge in [-0.3, -0.25) is 0 Å². The number of nitriles is 1. The first-order valence-electron chi connectivity index (χ1n) is 13.0. The average Bonchev–Trinajstić information content (AvgIpc) is 3.28. The van der Waals surface area contributed by atoms with E-state index in [-0.39, 0.29) is 6.71 Å². The van der Waals surface area contributed by atoms with Crippen molar-refractivity contribution < 1.29 is 9.53 Å². The molecule has 3 heterocycles. The van der Waals surface area contributed by atoms with Gasteiger partial charge in [0.05, 0.1) is 11.3 Å². The van der Waals surface area contributed by atoms with E-state index in [4.69, 9.17) is 4.74 Å². The number of nitrogens with zero attached hydrogens (tertiary/aromatic N) is 2. The summed E-state index contributed by atoms with van der Waals surface area (Å²) in [7, 11) is 0. The molecule has 0 saturated carbocycles. The zero-order valence-corrected chi connectivity index (χ0v) is 22.4. The average molecular weight is 520 g/mol. The summed E-state index contributed by atoms with van der Waals surface area (Å²) in [6.45, 7) is 6.42. The van der Waals surface area contributed by atoms with Gasteiger partial charge >= 0.3 is 6.09 Å². The van der Waals surface area contributed by atoms with E-state index in [0.29, 0.717) is 11.3 Å². The fourth-order valence-corrected chi connectivity index (χ4v) is 7.96. The van der Waals surface area contributed by atoms with E-state index in [0.717, 1.165) is 38.5 Å². The van der Waals surface area contributed by atoms with Crippen molar-refractivity contribution in [2.24, 2.45) is 0 Å². The van der Waals surface area contributed by atoms with Crippen LogP contribution in [-0.4, -0.2) is 12.8 Å². The molecular formula is C33H21BN2O2S. The highest BCUT2D eigenvalue weighted by molar-refractivity contribution is 7.26. The van der Waals surface area contributed by atoms with E-state index in [1.165, 1.54) is 36.9 Å². The van der Waals surface area contributed by atoms with E-state index in [2.05, 4.69) is 87.5 Å². The lowest BCUT2D eigenvalue weighted by atomic mass is 9.33. The Hall–Kier alpha value is -4.60. The summed E-state index contributed by atoms with van der Waals surface area (Å²) >= 11 is 1.78. The molecule has 0 N–H and O–H groups in total. The standard InChI is InChI=1S/C33H21BN2O2S/c1-17-12-18(2)30(19(3)13-17)34-24-11-10-20-8-9-21(16-35)32-29(20)31(24)36(33(37)38-32)26-14-23-22-6-4-5-7-27(22)39-28(23)15-25(26)34/h4-15H,1-3H3. The molecule has 4 nitrogen and oxygen atoms in total. The van der Waals surface area contributed by atoms with Crippen molar-refractivity contribution >= 4 is 82.9 Å². The summed E-state index contributed by atoms with van der Waals surface area (Å²) in [6.07, 6.45) is -0.477. The zero-order chi connectivity index (χ0) is 26.6. The summed E-state index contributed by atoms with van der Waals surface area (Å²) in [5.74, 6) is 0.356. The predicted molar refractivity (Wildman–Crippen MR) is 161 cm³/mol. The number of fused-ring (bicyclic) bond motifs is 5. The van der Waals surface area contributed by atoms with Gasteiger partial charge in [-0.1, -0.05) is 70.7 Å². The van der Waals surface area contributed by atoms with Gasteiger partial charge in [0, 0.05) is 31.2 Å².